The predicted molar refractivity (Wildman–Crippen MR) is 95.4 cm³/mol. The molecule has 1 aliphatic rings. The van der Waals surface area contributed by atoms with Crippen LogP contribution in [0.5, 0.6) is 0 Å². The number of hydrogen-bond acceptors (Lipinski definition) is 3. The molecule has 24 heavy (non-hydrogen) atoms. The van der Waals surface area contributed by atoms with E-state index in [0.29, 0.717) is 25.3 Å². The third kappa shape index (κ3) is 6.32. The van der Waals surface area contributed by atoms with E-state index in [1.54, 1.807) is 0 Å². The SMILES string of the molecule is CC(C)CC(=O)NCCC(=O)N1CCN(Cc2ccccc2)CC1. The largest absolute Gasteiger partial charge is 0.356 e. The Morgan fingerprint density at radius 3 is 2.38 bits per heavy atom. The van der Waals surface area contributed by atoms with Crippen LogP contribution >= 0.6 is 0 Å². The van der Waals surface area contributed by atoms with Crippen LogP contribution in [-0.2, 0) is 16.1 Å². The van der Waals surface area contributed by atoms with Crippen LogP contribution in [0.15, 0.2) is 30.3 Å². The molecular formula is C19H29N3O2. The minimum absolute atomic E-state index is 0.0329. The summed E-state index contributed by atoms with van der Waals surface area (Å²) in [5.74, 6) is 0.517. The van der Waals surface area contributed by atoms with Gasteiger partial charge in [0.2, 0.25) is 11.8 Å². The maximum atomic E-state index is 12.2. The monoisotopic (exact) mass is 331 g/mol. The van der Waals surface area contributed by atoms with Gasteiger partial charge < -0.3 is 10.2 Å². The van der Waals surface area contributed by atoms with Gasteiger partial charge in [0, 0.05) is 52.1 Å². The molecule has 0 aromatic heterocycles. The zero-order chi connectivity index (χ0) is 17.4. The molecule has 5 nitrogen and oxygen atoms in total. The van der Waals surface area contributed by atoms with Crippen LogP contribution in [-0.4, -0.2) is 54.3 Å². The zero-order valence-electron chi connectivity index (χ0n) is 14.8. The van der Waals surface area contributed by atoms with Crippen LogP contribution in [0.2, 0.25) is 0 Å². The van der Waals surface area contributed by atoms with Gasteiger partial charge in [-0.1, -0.05) is 44.2 Å². The second-order valence-electron chi connectivity index (χ2n) is 6.84. The van der Waals surface area contributed by atoms with Crippen LogP contribution in [0, 0.1) is 5.92 Å². The van der Waals surface area contributed by atoms with E-state index in [9.17, 15) is 9.59 Å². The topological polar surface area (TPSA) is 52.7 Å². The maximum Gasteiger partial charge on any atom is 0.224 e. The maximum absolute atomic E-state index is 12.2. The normalized spacial score (nSPS) is 15.5. The number of nitrogens with one attached hydrogen (secondary N) is 1. The molecule has 1 fully saturated rings. The van der Waals surface area contributed by atoms with E-state index in [1.165, 1.54) is 5.56 Å². The number of hydrogen-bond donors (Lipinski definition) is 1. The van der Waals surface area contributed by atoms with Crippen LogP contribution in [0.1, 0.15) is 32.3 Å². The molecule has 2 rings (SSSR count). The smallest absolute Gasteiger partial charge is 0.224 e. The molecule has 0 unspecified atom stereocenters. The van der Waals surface area contributed by atoms with Gasteiger partial charge in [-0.15, -0.1) is 0 Å². The van der Waals surface area contributed by atoms with Crippen molar-refractivity contribution >= 4 is 11.8 Å². The van der Waals surface area contributed by atoms with Crippen molar-refractivity contribution in [2.24, 2.45) is 5.92 Å². The average Bonchev–Trinajstić information content (AvgIpc) is 2.55. The molecule has 2 amide bonds. The zero-order valence-corrected chi connectivity index (χ0v) is 14.8. The van der Waals surface area contributed by atoms with Gasteiger partial charge >= 0.3 is 0 Å². The summed E-state index contributed by atoms with van der Waals surface area (Å²) in [6, 6.07) is 10.4. The lowest BCUT2D eigenvalue weighted by atomic mass is 10.1. The van der Waals surface area contributed by atoms with Gasteiger partial charge in [-0.25, -0.2) is 0 Å². The highest BCUT2D eigenvalue weighted by molar-refractivity contribution is 5.79. The van der Waals surface area contributed by atoms with E-state index in [4.69, 9.17) is 0 Å². The summed E-state index contributed by atoms with van der Waals surface area (Å²) in [6.07, 6.45) is 0.912. The highest BCUT2D eigenvalue weighted by Crippen LogP contribution is 2.09. The van der Waals surface area contributed by atoms with Gasteiger partial charge in [0.1, 0.15) is 0 Å². The molecule has 0 bridgehead atoms. The quantitative estimate of drug-likeness (QED) is 0.830. The molecule has 1 heterocycles. The molecule has 0 saturated carbocycles. The van der Waals surface area contributed by atoms with Crippen LogP contribution in [0.25, 0.3) is 0 Å². The summed E-state index contributed by atoms with van der Waals surface area (Å²) < 4.78 is 0. The number of rotatable bonds is 7. The van der Waals surface area contributed by atoms with E-state index < -0.39 is 0 Å². The first kappa shape index (κ1) is 18.5. The van der Waals surface area contributed by atoms with Crippen molar-refractivity contribution in [1.29, 1.82) is 0 Å². The van der Waals surface area contributed by atoms with Gasteiger partial charge in [-0.2, -0.15) is 0 Å². The van der Waals surface area contributed by atoms with Crippen molar-refractivity contribution in [3.63, 3.8) is 0 Å². The highest BCUT2D eigenvalue weighted by atomic mass is 16.2. The van der Waals surface area contributed by atoms with Gasteiger partial charge in [-0.05, 0) is 11.5 Å². The van der Waals surface area contributed by atoms with Crippen LogP contribution in [0.3, 0.4) is 0 Å². The lowest BCUT2D eigenvalue weighted by Crippen LogP contribution is -2.48. The van der Waals surface area contributed by atoms with Crippen molar-refractivity contribution in [3.8, 4) is 0 Å². The minimum Gasteiger partial charge on any atom is -0.356 e. The number of nitrogens with zero attached hydrogens (tertiary/aromatic N) is 2. The fourth-order valence-electron chi connectivity index (χ4n) is 2.91. The first-order valence-corrected chi connectivity index (χ1v) is 8.85. The first-order valence-electron chi connectivity index (χ1n) is 8.85. The highest BCUT2D eigenvalue weighted by Gasteiger charge is 2.20. The van der Waals surface area contributed by atoms with E-state index in [1.807, 2.05) is 24.8 Å². The van der Waals surface area contributed by atoms with Crippen molar-refractivity contribution in [1.82, 2.24) is 15.1 Å². The third-order valence-electron chi connectivity index (χ3n) is 4.23. The molecule has 0 aliphatic carbocycles. The molecule has 1 aromatic carbocycles. The number of benzene rings is 1. The van der Waals surface area contributed by atoms with E-state index in [0.717, 1.165) is 32.7 Å². The first-order chi connectivity index (χ1) is 11.5. The molecule has 132 valence electrons. The van der Waals surface area contributed by atoms with Crippen molar-refractivity contribution in [3.05, 3.63) is 35.9 Å². The summed E-state index contributed by atoms with van der Waals surface area (Å²) in [4.78, 5) is 28.1. The Morgan fingerprint density at radius 2 is 1.75 bits per heavy atom. The Hall–Kier alpha value is -1.88. The fraction of sp³-hybridized carbons (Fsp3) is 0.579. The summed E-state index contributed by atoms with van der Waals surface area (Å²) >= 11 is 0. The van der Waals surface area contributed by atoms with Crippen molar-refractivity contribution in [2.45, 2.75) is 33.2 Å². The molecule has 0 radical (unpaired) electrons. The number of carbonyl (C=O) groups excluding carboxylic acids is 2. The second kappa shape index (κ2) is 9.42. The van der Waals surface area contributed by atoms with Crippen molar-refractivity contribution < 1.29 is 9.59 Å². The molecule has 1 aliphatic heterocycles. The lowest BCUT2D eigenvalue weighted by molar-refractivity contribution is -0.133. The molecular weight excluding hydrogens is 302 g/mol. The number of piperazine rings is 1. The summed E-state index contributed by atoms with van der Waals surface area (Å²) in [7, 11) is 0. The molecule has 1 saturated heterocycles. The fourth-order valence-corrected chi connectivity index (χ4v) is 2.91. The molecule has 1 N–H and O–H groups in total. The molecule has 5 heteroatoms. The Bertz CT molecular complexity index is 523. The molecule has 0 spiro atoms. The van der Waals surface area contributed by atoms with Crippen LogP contribution < -0.4 is 5.32 Å². The summed E-state index contributed by atoms with van der Waals surface area (Å²) in [5.41, 5.74) is 1.31. The Balaban J connectivity index is 1.64. The minimum atomic E-state index is 0.0329. The third-order valence-corrected chi connectivity index (χ3v) is 4.23. The Morgan fingerprint density at radius 1 is 1.08 bits per heavy atom. The van der Waals surface area contributed by atoms with Crippen LogP contribution in [0.4, 0.5) is 0 Å². The second-order valence-corrected chi connectivity index (χ2v) is 6.84. The molecule has 1 aromatic rings. The van der Waals surface area contributed by atoms with E-state index >= 15 is 0 Å². The Kier molecular flexibility index (Phi) is 7.25. The standard InChI is InChI=1S/C19H29N3O2/c1-16(2)14-18(23)20-9-8-19(24)22-12-10-21(11-13-22)15-17-6-4-3-5-7-17/h3-7,16H,8-15H2,1-2H3,(H,20,23). The lowest BCUT2D eigenvalue weighted by Gasteiger charge is -2.34. The van der Waals surface area contributed by atoms with Gasteiger partial charge in [0.15, 0.2) is 0 Å². The Labute approximate surface area is 145 Å². The van der Waals surface area contributed by atoms with E-state index in [-0.39, 0.29) is 11.8 Å². The average molecular weight is 331 g/mol. The number of carbonyl (C=O) groups is 2. The van der Waals surface area contributed by atoms with Gasteiger partial charge in [0.05, 0.1) is 0 Å². The van der Waals surface area contributed by atoms with Crippen molar-refractivity contribution in [2.75, 3.05) is 32.7 Å². The predicted octanol–water partition coefficient (Wildman–Crippen LogP) is 1.88. The summed E-state index contributed by atoms with van der Waals surface area (Å²) in [6.45, 7) is 8.75. The number of amides is 2. The van der Waals surface area contributed by atoms with E-state index in [2.05, 4.69) is 34.5 Å². The van der Waals surface area contributed by atoms with Gasteiger partial charge in [0.25, 0.3) is 0 Å². The van der Waals surface area contributed by atoms with Gasteiger partial charge in [-0.3, -0.25) is 14.5 Å². The summed E-state index contributed by atoms with van der Waals surface area (Å²) in [5, 5.41) is 2.83. The molecule has 0 atom stereocenters.